The van der Waals surface area contributed by atoms with Crippen molar-refractivity contribution < 1.29 is 48.5 Å². The van der Waals surface area contributed by atoms with E-state index in [4.69, 9.17) is 12.2 Å². The molecule has 8 amide bonds. The Morgan fingerprint density at radius 3 is 0.742 bits per heavy atom. The van der Waals surface area contributed by atoms with Crippen LogP contribution >= 0.6 is 12.2 Å². The van der Waals surface area contributed by atoms with Crippen LogP contribution in [0.15, 0.2) is 21.1 Å². The molecule has 0 aliphatic heterocycles. The second-order valence-corrected chi connectivity index (χ2v) is 41.4. The van der Waals surface area contributed by atoms with Crippen molar-refractivity contribution in [2.45, 2.75) is 430 Å². The Balaban J connectivity index is -0.0000000535. The van der Waals surface area contributed by atoms with Crippen LogP contribution in [0.3, 0.4) is 0 Å². The van der Waals surface area contributed by atoms with Gasteiger partial charge in [0.2, 0.25) is 23.6 Å². The molecule has 0 spiro atoms. The molecule has 0 saturated heterocycles. The number of carbonyl (C=O) groups is 7. The highest BCUT2D eigenvalue weighted by Crippen LogP contribution is 2.21. The van der Waals surface area contributed by atoms with Crippen molar-refractivity contribution in [3.05, 3.63) is 11.1 Å². The molecule has 0 aliphatic rings. The SMILES string of the molecule is C.C.C.C.C.C.C.C.C.C.CC(=O)N(C)C(C)(C)C.CC(C(=O)N(C)C(C)(C)C)N(C)C.CC(C)=C(C)C(=O)N(C)C(C)(C)C.CN(C(=O)C(C)(C)O)C(C)(C)C.CN(C(=O)CC(C)(C)O)C(C)(C)C.CN(C)C(=O)N(C)C(C)(C)C.CN(C)C(=S)N(C)C(C)(C)C.CN=C(C)N(C)C(C)(C)C.CN=C(N(C)C)N(C)C(C)(C)C.COC(=O)N(C)C(C)(C)C. The van der Waals surface area contributed by atoms with Gasteiger partial charge in [0, 0.05) is 195 Å². The molecule has 1 unspecified atom stereocenters. The van der Waals surface area contributed by atoms with Gasteiger partial charge in [0.05, 0.1) is 31.0 Å². The minimum absolute atomic E-state index is 0. The number of carbonyl (C=O) groups excluding carboxylic acids is 7. The summed E-state index contributed by atoms with van der Waals surface area (Å²) in [6.45, 7) is 78.8. The monoisotopic (exact) mass is 1810 g/mol. The van der Waals surface area contributed by atoms with Crippen molar-refractivity contribution in [3.8, 4) is 0 Å². The number of aliphatic imine (C=N–C) groups is 2. The van der Waals surface area contributed by atoms with Crippen molar-refractivity contribution in [1.29, 1.82) is 0 Å². The maximum absolute atomic E-state index is 11.8. The van der Waals surface area contributed by atoms with Gasteiger partial charge in [-0.2, -0.15) is 0 Å². The second-order valence-electron chi connectivity index (χ2n) is 41.0. The number of amides is 8. The summed E-state index contributed by atoms with van der Waals surface area (Å²) in [6.07, 6.45) is -0.131. The summed E-state index contributed by atoms with van der Waals surface area (Å²) in [4.78, 5) is 114. The van der Waals surface area contributed by atoms with E-state index in [-0.39, 0.29) is 184 Å². The summed E-state index contributed by atoms with van der Waals surface area (Å²) in [5.41, 5.74) is -0.754. The van der Waals surface area contributed by atoms with Crippen molar-refractivity contribution >= 4 is 70.8 Å². The molecule has 0 radical (unpaired) electrons. The van der Waals surface area contributed by atoms with Crippen LogP contribution < -0.4 is 0 Å². The molecule has 0 rings (SSSR count). The number of ether oxygens (including phenoxy) is 1. The van der Waals surface area contributed by atoms with E-state index in [2.05, 4.69) is 106 Å². The zero-order valence-electron chi connectivity index (χ0n) is 86.0. The number of amidine groups is 1. The number of methoxy groups -OCH3 is 1. The average Bonchev–Trinajstić information content (AvgIpc) is 0.844. The van der Waals surface area contributed by atoms with Gasteiger partial charge in [-0.3, -0.25) is 38.9 Å². The minimum Gasteiger partial charge on any atom is -0.453 e. The third-order valence-electron chi connectivity index (χ3n) is 18.7. The van der Waals surface area contributed by atoms with Gasteiger partial charge in [0.25, 0.3) is 5.91 Å². The lowest BCUT2D eigenvalue weighted by atomic mass is 10.0. The first kappa shape index (κ1) is 168. The van der Waals surface area contributed by atoms with Crippen molar-refractivity contribution in [1.82, 2.24) is 68.6 Å². The van der Waals surface area contributed by atoms with Crippen LogP contribution in [0.5, 0.6) is 0 Å². The van der Waals surface area contributed by atoms with Crippen LogP contribution in [0.4, 0.5) is 9.59 Å². The number of thiocarbonyl (C=S) groups is 1. The van der Waals surface area contributed by atoms with E-state index in [1.165, 1.54) is 21.0 Å². The zero-order valence-corrected chi connectivity index (χ0v) is 86.8. The lowest BCUT2D eigenvalue weighted by molar-refractivity contribution is -0.151. The molecule has 124 heavy (non-hydrogen) atoms. The number of rotatable bonds is 6. The summed E-state index contributed by atoms with van der Waals surface area (Å²) in [7, 11) is 38.9. The van der Waals surface area contributed by atoms with Crippen LogP contribution in [0.25, 0.3) is 0 Å². The molecule has 762 valence electrons. The first-order valence-corrected chi connectivity index (χ1v) is 39.7. The number of nitrogens with zero attached hydrogens (tertiary/aromatic N) is 16. The van der Waals surface area contributed by atoms with E-state index < -0.39 is 11.2 Å². The number of aliphatic hydroxyl groups is 2. The van der Waals surface area contributed by atoms with Gasteiger partial charge in [0.15, 0.2) is 11.1 Å². The fourth-order valence-electron chi connectivity index (χ4n) is 6.82. The fraction of sp³-hybridized carbons (Fsp3) is 0.876. The van der Waals surface area contributed by atoms with E-state index in [9.17, 15) is 43.8 Å². The first-order valence-electron chi connectivity index (χ1n) is 39.3. The molecule has 0 bridgehead atoms. The van der Waals surface area contributed by atoms with Crippen molar-refractivity contribution in [2.24, 2.45) is 9.98 Å². The predicted octanol–water partition coefficient (Wildman–Crippen LogP) is 21.3. The highest BCUT2D eigenvalue weighted by atomic mass is 32.1. The van der Waals surface area contributed by atoms with E-state index in [0.717, 1.165) is 28.1 Å². The minimum atomic E-state index is -1.28. The molecule has 0 aromatic heterocycles. The molecule has 0 fully saturated rings. The van der Waals surface area contributed by atoms with Crippen LogP contribution in [0.1, 0.15) is 358 Å². The van der Waals surface area contributed by atoms with Crippen molar-refractivity contribution in [3.63, 3.8) is 0 Å². The van der Waals surface area contributed by atoms with Crippen LogP contribution in [-0.2, 0) is 28.7 Å². The molecule has 0 heterocycles. The van der Waals surface area contributed by atoms with E-state index >= 15 is 0 Å². The highest BCUT2D eigenvalue weighted by Gasteiger charge is 2.34. The van der Waals surface area contributed by atoms with Gasteiger partial charge in [-0.15, -0.1) is 0 Å². The van der Waals surface area contributed by atoms with Crippen LogP contribution in [0.2, 0.25) is 0 Å². The highest BCUT2D eigenvalue weighted by molar-refractivity contribution is 7.80. The quantitative estimate of drug-likeness (QED) is 0.109. The lowest BCUT2D eigenvalue weighted by Crippen LogP contribution is -2.51. The molecule has 0 aromatic carbocycles. The maximum Gasteiger partial charge on any atom is 0.409 e. The molecule has 26 nitrogen and oxygen atoms in total. The van der Waals surface area contributed by atoms with E-state index in [0.29, 0.717) is 0 Å². The fourth-order valence-corrected chi connectivity index (χ4v) is 7.10. The molecule has 0 saturated carbocycles. The third kappa shape index (κ3) is 79.3. The summed E-state index contributed by atoms with van der Waals surface area (Å²) < 4.78 is 4.53. The van der Waals surface area contributed by atoms with Gasteiger partial charge in [-0.1, -0.05) is 79.8 Å². The Bertz CT molecular complexity index is 2860. The Labute approximate surface area is 783 Å². The van der Waals surface area contributed by atoms with Gasteiger partial charge < -0.3 is 78.6 Å². The number of hydrogen-bond acceptors (Lipinski definition) is 14. The normalized spacial score (nSPS) is 11.3. The number of allylic oxidation sites excluding steroid dienone is 1. The number of hydrogen-bond donors (Lipinski definition) is 2. The summed E-state index contributed by atoms with van der Waals surface area (Å²) in [6, 6.07) is -0.0123. The Hall–Kier alpha value is -6.06. The van der Waals surface area contributed by atoms with Crippen LogP contribution in [-0.4, -0.2) is 358 Å². The first-order chi connectivity index (χ1) is 49.4. The molecule has 1 atom stereocenters. The molecular weight excluding hydrogens is 1580 g/mol. The molecule has 0 aliphatic carbocycles. The topological polar surface area (TPSA) is 239 Å². The maximum atomic E-state index is 11.8. The second kappa shape index (κ2) is 69.0. The molecule has 2 N–H and O–H groups in total. The summed E-state index contributed by atoms with van der Waals surface area (Å²) in [5.74, 6) is 2.19. The van der Waals surface area contributed by atoms with Gasteiger partial charge in [-0.05, 0) is 296 Å². The van der Waals surface area contributed by atoms with Gasteiger partial charge in [0.1, 0.15) is 5.60 Å². The lowest BCUT2D eigenvalue weighted by Gasteiger charge is -2.37. The average molecular weight is 1810 g/mol. The molecule has 27 heteroatoms. The van der Waals surface area contributed by atoms with Gasteiger partial charge in [-0.25, -0.2) is 9.59 Å². The smallest absolute Gasteiger partial charge is 0.409 e. The Morgan fingerprint density at radius 1 is 0.347 bits per heavy atom. The van der Waals surface area contributed by atoms with E-state index in [1.807, 2.05) is 286 Å². The standard InChI is InChI=1S/C11H21NO.C10H22N2O.C10H21NO2.C9H21N3.C9H19NO2.C8H18N2O.C8H18N2S.C8H18N2.C7H15NO2.C7H15NO.10CH4/c1-8(2)9(3)10(13)12(7)11(4,5)6;1-8(11(5)6)9(13)12(7)10(2,3)4;1-9(2,3)11(6)8(12)7-10(4,5)13;1-9(2,3)12(7)8(10-4)11(5)6;1-8(2,3)10(6)7(11)9(4,5)12;2*1-8(2,3)10(6)7(11)9(4)5;1-7(9-5)10(6)8(2,3)4;1-7(2,3)8(4)6(9)10-5;1-6(9)8(5)7(2,3)4;;;;;;;;;;/h1-7H3;8H,1-7H3;13H,7H2,1-6H3;1-7H3;12H,1-6H3;2*1-6H3;1-6H3;1-5H3;1-5H3;10*1H4. The number of likely N-dealkylation sites (N-methyl/N-ethyl adjacent to an activating group) is 4. The molecule has 0 aromatic rings. The van der Waals surface area contributed by atoms with Gasteiger partial charge >= 0.3 is 12.1 Å². The number of urea groups is 1. The third-order valence-corrected chi connectivity index (χ3v) is 19.3. The van der Waals surface area contributed by atoms with Crippen LogP contribution in [0, 0.1) is 0 Å². The summed E-state index contributed by atoms with van der Waals surface area (Å²) in [5, 5.41) is 19.8. The summed E-state index contributed by atoms with van der Waals surface area (Å²) >= 11 is 5.20. The zero-order chi connectivity index (χ0) is 95.4. The number of guanidine groups is 1. The molecular formula is C97H228N16O10S. The van der Waals surface area contributed by atoms with Crippen molar-refractivity contribution in [2.75, 3.05) is 148 Å². The van der Waals surface area contributed by atoms with E-state index in [1.54, 1.807) is 95.2 Å². The Morgan fingerprint density at radius 2 is 0.621 bits per heavy atom. The predicted molar refractivity (Wildman–Crippen MR) is 561 cm³/mol. The Kier molecular flexibility index (Phi) is 93.6. The largest absolute Gasteiger partial charge is 0.453 e.